The van der Waals surface area contributed by atoms with Crippen LogP contribution in [0.4, 0.5) is 11.4 Å². The zero-order valence-corrected chi connectivity index (χ0v) is 30.1. The van der Waals surface area contributed by atoms with Crippen molar-refractivity contribution in [3.05, 3.63) is 117 Å². The van der Waals surface area contributed by atoms with E-state index < -0.39 is 0 Å². The molecule has 8 heteroatoms. The van der Waals surface area contributed by atoms with Crippen LogP contribution in [0.25, 0.3) is 10.4 Å². The summed E-state index contributed by atoms with van der Waals surface area (Å²) in [6, 6.07) is 17.5. The zero-order chi connectivity index (χ0) is 33.4. The number of allylic oxidation sites excluding steroid dienone is 8. The Labute approximate surface area is 293 Å². The summed E-state index contributed by atoms with van der Waals surface area (Å²) in [5.74, 6) is 0.0724. The molecule has 0 saturated carbocycles. The van der Waals surface area contributed by atoms with E-state index in [0.717, 1.165) is 45.1 Å². The van der Waals surface area contributed by atoms with Crippen LogP contribution in [-0.2, 0) is 15.6 Å². The van der Waals surface area contributed by atoms with Crippen molar-refractivity contribution in [2.45, 2.75) is 89.9 Å². The Bertz CT molecular complexity index is 1690. The SMILES string of the molecule is C[N+]1=C(C=CC2=CC(=CC=C3N(CCCCCC(=O)NCCCN=[N+]=[N-])c4ccccc4C3(C)C)CCC2)C(C)(C)c2ccccc21.[Cl-]. The summed E-state index contributed by atoms with van der Waals surface area (Å²) in [6.07, 6.45) is 19.2. The number of para-hydroxylation sites is 2. The second-order valence-electron chi connectivity index (χ2n) is 14.0. The van der Waals surface area contributed by atoms with E-state index in [-0.39, 0.29) is 29.1 Å². The smallest absolute Gasteiger partial charge is 0.219 e. The Morgan fingerprint density at radius 2 is 1.71 bits per heavy atom. The van der Waals surface area contributed by atoms with Gasteiger partial charge in [0.05, 0.1) is 5.41 Å². The van der Waals surface area contributed by atoms with Gasteiger partial charge in [0.25, 0.3) is 0 Å². The Hall–Kier alpha value is -4.06. The van der Waals surface area contributed by atoms with Crippen molar-refractivity contribution in [3.8, 4) is 0 Å². The summed E-state index contributed by atoms with van der Waals surface area (Å²) >= 11 is 0. The highest BCUT2D eigenvalue weighted by molar-refractivity contribution is 6.03. The molecule has 48 heavy (non-hydrogen) atoms. The first kappa shape index (κ1) is 36.8. The predicted molar refractivity (Wildman–Crippen MR) is 194 cm³/mol. The number of fused-ring (bicyclic) bond motifs is 2. The van der Waals surface area contributed by atoms with Crippen molar-refractivity contribution in [1.82, 2.24) is 5.32 Å². The minimum atomic E-state index is -0.0888. The van der Waals surface area contributed by atoms with Gasteiger partial charge in [-0.2, -0.15) is 4.58 Å². The number of halogens is 1. The molecule has 2 heterocycles. The zero-order valence-electron chi connectivity index (χ0n) is 29.3. The first-order chi connectivity index (χ1) is 22.6. The molecule has 7 nitrogen and oxygen atoms in total. The van der Waals surface area contributed by atoms with Crippen LogP contribution >= 0.6 is 0 Å². The lowest BCUT2D eigenvalue weighted by Crippen LogP contribution is -3.00. The van der Waals surface area contributed by atoms with Gasteiger partial charge in [-0.05, 0) is 86.8 Å². The normalized spacial score (nSPS) is 19.2. The number of rotatable bonds is 13. The first-order valence-electron chi connectivity index (χ1n) is 17.3. The number of hydrogen-bond acceptors (Lipinski definition) is 3. The summed E-state index contributed by atoms with van der Waals surface area (Å²) < 4.78 is 2.34. The first-order valence-corrected chi connectivity index (χ1v) is 17.3. The van der Waals surface area contributed by atoms with Crippen molar-refractivity contribution in [2.24, 2.45) is 5.11 Å². The molecule has 0 bridgehead atoms. The second-order valence-corrected chi connectivity index (χ2v) is 14.0. The van der Waals surface area contributed by atoms with Crippen LogP contribution in [0.5, 0.6) is 0 Å². The van der Waals surface area contributed by atoms with E-state index in [1.807, 2.05) is 0 Å². The number of carbonyl (C=O) groups is 1. The van der Waals surface area contributed by atoms with E-state index in [9.17, 15) is 4.79 Å². The Morgan fingerprint density at radius 3 is 2.48 bits per heavy atom. The Morgan fingerprint density at radius 1 is 0.958 bits per heavy atom. The molecule has 5 rings (SSSR count). The van der Waals surface area contributed by atoms with Gasteiger partial charge in [0.2, 0.25) is 11.6 Å². The highest BCUT2D eigenvalue weighted by Crippen LogP contribution is 2.48. The number of amides is 1. The molecule has 254 valence electrons. The third kappa shape index (κ3) is 8.14. The average Bonchev–Trinajstić information content (AvgIpc) is 3.40. The van der Waals surface area contributed by atoms with Gasteiger partial charge < -0.3 is 22.6 Å². The quantitative estimate of drug-likeness (QED) is 0.0889. The van der Waals surface area contributed by atoms with Crippen molar-refractivity contribution in [3.63, 3.8) is 0 Å². The lowest BCUT2D eigenvalue weighted by molar-refractivity contribution is -0.401. The fourth-order valence-corrected chi connectivity index (χ4v) is 7.44. The average molecular weight is 667 g/mol. The van der Waals surface area contributed by atoms with Crippen LogP contribution < -0.4 is 22.6 Å². The van der Waals surface area contributed by atoms with Crippen molar-refractivity contribution in [1.29, 1.82) is 0 Å². The van der Waals surface area contributed by atoms with Crippen LogP contribution in [0.15, 0.2) is 101 Å². The van der Waals surface area contributed by atoms with E-state index in [0.29, 0.717) is 25.9 Å². The lowest BCUT2D eigenvalue weighted by atomic mass is 9.81. The van der Waals surface area contributed by atoms with Gasteiger partial charge >= 0.3 is 0 Å². The topological polar surface area (TPSA) is 84.1 Å². The number of unbranched alkanes of at least 4 members (excludes halogenated alkanes) is 2. The maximum absolute atomic E-state index is 12.2. The third-order valence-electron chi connectivity index (χ3n) is 10.1. The van der Waals surface area contributed by atoms with E-state index in [1.54, 1.807) is 0 Å². The Balaban J connectivity index is 0.00000520. The van der Waals surface area contributed by atoms with E-state index in [2.05, 4.69) is 138 Å². The van der Waals surface area contributed by atoms with Crippen molar-refractivity contribution in [2.75, 3.05) is 31.6 Å². The number of nitrogens with one attached hydrogen (secondary N) is 1. The standard InChI is InChI=1S/C40H50N6O.ClH/c1-39(2)32-17-8-10-19-34(32)45(5)36(39)24-22-30-15-13-16-31(29-30)23-25-37-40(3,4)33-18-9-11-20-35(33)46(37)28-12-6-7-21-38(47)42-26-14-27-43-44-41;/h8-11,17-20,22-25,29H,6-7,12-16,21,26-28H2,1-5H3;1H. The van der Waals surface area contributed by atoms with Gasteiger partial charge in [-0.3, -0.25) is 4.79 Å². The van der Waals surface area contributed by atoms with Crippen LogP contribution in [0.3, 0.4) is 0 Å². The van der Waals surface area contributed by atoms with Gasteiger partial charge in [0.1, 0.15) is 7.05 Å². The minimum absolute atomic E-state index is 0. The van der Waals surface area contributed by atoms with Crippen LogP contribution in [0.2, 0.25) is 0 Å². The van der Waals surface area contributed by atoms with Crippen molar-refractivity contribution < 1.29 is 21.8 Å². The van der Waals surface area contributed by atoms with Gasteiger partial charge in [-0.1, -0.05) is 80.0 Å². The molecule has 2 aromatic carbocycles. The van der Waals surface area contributed by atoms with Crippen LogP contribution in [0, 0.1) is 0 Å². The molecule has 1 aliphatic carbocycles. The number of benzene rings is 2. The number of azide groups is 1. The highest BCUT2D eigenvalue weighted by Gasteiger charge is 2.42. The summed E-state index contributed by atoms with van der Waals surface area (Å²) in [5.41, 5.74) is 19.0. The molecule has 0 fully saturated rings. The van der Waals surface area contributed by atoms with Gasteiger partial charge in [0, 0.05) is 65.5 Å². The number of carbonyl (C=O) groups excluding carboxylic acids is 1. The monoisotopic (exact) mass is 666 g/mol. The van der Waals surface area contributed by atoms with Gasteiger partial charge in [-0.25, -0.2) is 0 Å². The molecule has 2 aromatic rings. The molecule has 0 spiro atoms. The number of nitrogens with zero attached hydrogens (tertiary/aromatic N) is 5. The molecule has 0 aromatic heterocycles. The second kappa shape index (κ2) is 16.4. The molecule has 0 unspecified atom stereocenters. The Kier molecular flexibility index (Phi) is 12.5. The summed E-state index contributed by atoms with van der Waals surface area (Å²) in [6.45, 7) is 11.2. The maximum atomic E-state index is 12.2. The van der Waals surface area contributed by atoms with Crippen molar-refractivity contribution >= 4 is 23.0 Å². The summed E-state index contributed by atoms with van der Waals surface area (Å²) in [4.78, 5) is 17.4. The molecular formula is C40H51ClN6O. The fourth-order valence-electron chi connectivity index (χ4n) is 7.44. The largest absolute Gasteiger partial charge is 1.00 e. The predicted octanol–water partition coefficient (Wildman–Crippen LogP) is 6.35. The van der Waals surface area contributed by atoms with E-state index in [4.69, 9.17) is 5.53 Å². The molecule has 0 atom stereocenters. The van der Waals surface area contributed by atoms with E-state index >= 15 is 0 Å². The van der Waals surface area contributed by atoms with Gasteiger partial charge in [0.15, 0.2) is 5.71 Å². The molecule has 3 aliphatic rings. The van der Waals surface area contributed by atoms with E-state index in [1.165, 1.54) is 45.1 Å². The molecule has 0 saturated heterocycles. The molecule has 0 radical (unpaired) electrons. The molecule has 2 aliphatic heterocycles. The summed E-state index contributed by atoms with van der Waals surface area (Å²) in [7, 11) is 2.18. The summed E-state index contributed by atoms with van der Waals surface area (Å²) in [5, 5.41) is 6.44. The minimum Gasteiger partial charge on any atom is -1.00 e. The number of anilines is 1. The number of hydrogen-bond donors (Lipinski definition) is 1. The molecular weight excluding hydrogens is 616 g/mol. The fraction of sp³-hybridized carbons (Fsp3) is 0.450. The molecule has 1 amide bonds. The van der Waals surface area contributed by atoms with Gasteiger partial charge in [-0.15, -0.1) is 0 Å². The molecule has 1 N–H and O–H groups in total. The van der Waals surface area contributed by atoms with Crippen LogP contribution in [-0.4, -0.2) is 42.9 Å². The third-order valence-corrected chi connectivity index (χ3v) is 10.1. The van der Waals surface area contributed by atoms with Crippen LogP contribution in [0.1, 0.15) is 90.2 Å². The maximum Gasteiger partial charge on any atom is 0.219 e. The highest BCUT2D eigenvalue weighted by atomic mass is 35.5. The lowest BCUT2D eigenvalue weighted by Gasteiger charge is -2.27.